The van der Waals surface area contributed by atoms with Crippen LogP contribution in [0.3, 0.4) is 0 Å². The standard InChI is InChI=1S/C23H20N6O3S/c1-14-7-9-16(10-8-14)12-28-21(31)17-5-3-4-6-18(17)29-22(28)25-26-23(29)33-13-20(30)24-19-11-15(2)32-27-19/h3-11H,12-13H2,1-2H3,(H,24,27,30). The van der Waals surface area contributed by atoms with Crippen molar-refractivity contribution in [2.45, 2.75) is 25.5 Å². The summed E-state index contributed by atoms with van der Waals surface area (Å²) < 4.78 is 8.41. The lowest BCUT2D eigenvalue weighted by atomic mass is 10.1. The van der Waals surface area contributed by atoms with Gasteiger partial charge in [0.2, 0.25) is 11.7 Å². The van der Waals surface area contributed by atoms with Gasteiger partial charge < -0.3 is 9.84 Å². The number of aryl methyl sites for hydroxylation is 2. The van der Waals surface area contributed by atoms with E-state index in [1.54, 1.807) is 23.6 Å². The second-order valence-corrected chi connectivity index (χ2v) is 8.61. The summed E-state index contributed by atoms with van der Waals surface area (Å²) in [5.41, 5.74) is 2.69. The molecule has 0 aliphatic rings. The highest BCUT2D eigenvalue weighted by molar-refractivity contribution is 7.99. The summed E-state index contributed by atoms with van der Waals surface area (Å²) in [4.78, 5) is 25.7. The Balaban J connectivity index is 1.51. The minimum Gasteiger partial charge on any atom is -0.360 e. The van der Waals surface area contributed by atoms with E-state index in [9.17, 15) is 9.59 Å². The molecular formula is C23H20N6O3S. The van der Waals surface area contributed by atoms with Crippen molar-refractivity contribution in [3.8, 4) is 0 Å². The maximum atomic E-state index is 13.3. The van der Waals surface area contributed by atoms with Gasteiger partial charge in [-0.3, -0.25) is 18.6 Å². The zero-order chi connectivity index (χ0) is 22.9. The lowest BCUT2D eigenvalue weighted by Gasteiger charge is -2.11. The van der Waals surface area contributed by atoms with E-state index in [0.29, 0.717) is 40.0 Å². The average molecular weight is 461 g/mol. The fraction of sp³-hybridized carbons (Fsp3) is 0.174. The number of hydrogen-bond donors (Lipinski definition) is 1. The summed E-state index contributed by atoms with van der Waals surface area (Å²) in [6, 6.07) is 17.0. The Morgan fingerprint density at radius 1 is 1.09 bits per heavy atom. The second kappa shape index (κ2) is 8.55. The van der Waals surface area contributed by atoms with Crippen molar-refractivity contribution < 1.29 is 9.32 Å². The zero-order valence-electron chi connectivity index (χ0n) is 18.0. The molecule has 2 aromatic carbocycles. The van der Waals surface area contributed by atoms with Crippen molar-refractivity contribution >= 4 is 40.2 Å². The summed E-state index contributed by atoms with van der Waals surface area (Å²) in [6.45, 7) is 4.13. The van der Waals surface area contributed by atoms with Crippen molar-refractivity contribution in [1.29, 1.82) is 0 Å². The van der Waals surface area contributed by atoms with E-state index in [2.05, 4.69) is 20.7 Å². The third-order valence-corrected chi connectivity index (χ3v) is 6.10. The van der Waals surface area contributed by atoms with Crippen LogP contribution in [0.2, 0.25) is 0 Å². The Labute approximate surface area is 192 Å². The minimum atomic E-state index is -0.248. The Morgan fingerprint density at radius 2 is 1.88 bits per heavy atom. The molecule has 5 rings (SSSR count). The van der Waals surface area contributed by atoms with Gasteiger partial charge in [0.25, 0.3) is 5.56 Å². The first kappa shape index (κ1) is 21.0. The van der Waals surface area contributed by atoms with Crippen LogP contribution in [0.15, 0.2) is 69.1 Å². The second-order valence-electron chi connectivity index (χ2n) is 7.67. The summed E-state index contributed by atoms with van der Waals surface area (Å²) in [7, 11) is 0. The molecule has 0 atom stereocenters. The van der Waals surface area contributed by atoms with Crippen molar-refractivity contribution in [3.63, 3.8) is 0 Å². The van der Waals surface area contributed by atoms with Crippen LogP contribution in [0.4, 0.5) is 5.82 Å². The topological polar surface area (TPSA) is 107 Å². The number of nitrogens with zero attached hydrogens (tertiary/aromatic N) is 5. The van der Waals surface area contributed by atoms with Crippen LogP contribution < -0.4 is 10.9 Å². The third-order valence-electron chi connectivity index (χ3n) is 5.17. The van der Waals surface area contributed by atoms with E-state index < -0.39 is 0 Å². The van der Waals surface area contributed by atoms with E-state index in [1.165, 1.54) is 11.8 Å². The van der Waals surface area contributed by atoms with Crippen molar-refractivity contribution in [3.05, 3.63) is 81.8 Å². The summed E-state index contributed by atoms with van der Waals surface area (Å²) in [6.07, 6.45) is 0. The monoisotopic (exact) mass is 460 g/mol. The van der Waals surface area contributed by atoms with E-state index in [1.807, 2.05) is 53.8 Å². The zero-order valence-corrected chi connectivity index (χ0v) is 18.8. The van der Waals surface area contributed by atoms with Gasteiger partial charge in [-0.25, -0.2) is 0 Å². The van der Waals surface area contributed by atoms with Gasteiger partial charge in [0.05, 0.1) is 23.2 Å². The molecule has 1 N–H and O–H groups in total. The summed E-state index contributed by atoms with van der Waals surface area (Å²) >= 11 is 1.23. The fourth-order valence-corrected chi connectivity index (χ4v) is 4.32. The third kappa shape index (κ3) is 4.12. The normalized spacial score (nSPS) is 11.3. The predicted molar refractivity (Wildman–Crippen MR) is 126 cm³/mol. The Morgan fingerprint density at radius 3 is 2.64 bits per heavy atom. The largest absolute Gasteiger partial charge is 0.360 e. The van der Waals surface area contributed by atoms with E-state index in [-0.39, 0.29) is 17.2 Å². The molecule has 0 unspecified atom stereocenters. The van der Waals surface area contributed by atoms with Crippen LogP contribution in [0.25, 0.3) is 16.7 Å². The number of aromatic nitrogens is 5. The average Bonchev–Trinajstić information content (AvgIpc) is 3.42. The first-order chi connectivity index (χ1) is 16.0. The van der Waals surface area contributed by atoms with Crippen LogP contribution in [-0.2, 0) is 11.3 Å². The fourth-order valence-electron chi connectivity index (χ4n) is 3.58. The van der Waals surface area contributed by atoms with Crippen LogP contribution in [0.1, 0.15) is 16.9 Å². The maximum Gasteiger partial charge on any atom is 0.263 e. The van der Waals surface area contributed by atoms with Gasteiger partial charge in [-0.05, 0) is 31.5 Å². The number of anilines is 1. The number of thioether (sulfide) groups is 1. The highest BCUT2D eigenvalue weighted by Crippen LogP contribution is 2.22. The minimum absolute atomic E-state index is 0.0954. The Bertz CT molecular complexity index is 1530. The SMILES string of the molecule is Cc1ccc(Cn2c(=O)c3ccccc3n3c(SCC(=O)Nc4cc(C)on4)nnc23)cc1. The number of amides is 1. The summed E-state index contributed by atoms with van der Waals surface area (Å²) in [5.74, 6) is 1.25. The first-order valence-corrected chi connectivity index (χ1v) is 11.3. The lowest BCUT2D eigenvalue weighted by molar-refractivity contribution is -0.113. The molecule has 0 aliphatic carbocycles. The smallest absolute Gasteiger partial charge is 0.263 e. The molecule has 3 heterocycles. The molecule has 166 valence electrons. The molecule has 0 spiro atoms. The number of benzene rings is 2. The molecule has 1 amide bonds. The van der Waals surface area contributed by atoms with Gasteiger partial charge >= 0.3 is 0 Å². The van der Waals surface area contributed by atoms with Crippen molar-refractivity contribution in [2.75, 3.05) is 11.1 Å². The molecule has 0 radical (unpaired) electrons. The first-order valence-electron chi connectivity index (χ1n) is 10.3. The molecule has 5 aromatic rings. The molecule has 3 aromatic heterocycles. The summed E-state index contributed by atoms with van der Waals surface area (Å²) in [5, 5.41) is 16.1. The molecule has 10 heteroatoms. The molecule has 9 nitrogen and oxygen atoms in total. The van der Waals surface area contributed by atoms with Crippen LogP contribution >= 0.6 is 11.8 Å². The van der Waals surface area contributed by atoms with E-state index in [4.69, 9.17) is 4.52 Å². The van der Waals surface area contributed by atoms with Gasteiger partial charge in [-0.15, -0.1) is 10.2 Å². The van der Waals surface area contributed by atoms with Crippen LogP contribution in [0, 0.1) is 13.8 Å². The van der Waals surface area contributed by atoms with Crippen molar-refractivity contribution in [1.82, 2.24) is 24.3 Å². The molecule has 0 saturated heterocycles. The van der Waals surface area contributed by atoms with Crippen LogP contribution in [-0.4, -0.2) is 36.0 Å². The highest BCUT2D eigenvalue weighted by Gasteiger charge is 2.18. The maximum absolute atomic E-state index is 13.3. The van der Waals surface area contributed by atoms with Crippen LogP contribution in [0.5, 0.6) is 0 Å². The number of hydrogen-bond acceptors (Lipinski definition) is 7. The molecule has 0 aliphatic heterocycles. The quantitative estimate of drug-likeness (QED) is 0.387. The molecule has 33 heavy (non-hydrogen) atoms. The van der Waals surface area contributed by atoms with E-state index >= 15 is 0 Å². The predicted octanol–water partition coefficient (Wildman–Crippen LogP) is 3.43. The van der Waals surface area contributed by atoms with Gasteiger partial charge in [0.1, 0.15) is 5.76 Å². The number of carbonyl (C=O) groups excluding carboxylic acids is 1. The van der Waals surface area contributed by atoms with Gasteiger partial charge in [-0.1, -0.05) is 58.9 Å². The number of nitrogens with one attached hydrogen (secondary N) is 1. The van der Waals surface area contributed by atoms with E-state index in [0.717, 1.165) is 11.1 Å². The van der Waals surface area contributed by atoms with Gasteiger partial charge in [0, 0.05) is 6.07 Å². The Hall–Kier alpha value is -3.92. The number of rotatable bonds is 6. The molecule has 0 fully saturated rings. The highest BCUT2D eigenvalue weighted by atomic mass is 32.2. The van der Waals surface area contributed by atoms with Crippen molar-refractivity contribution in [2.24, 2.45) is 0 Å². The Kier molecular flexibility index (Phi) is 5.43. The number of para-hydroxylation sites is 1. The molecule has 0 saturated carbocycles. The molecule has 0 bridgehead atoms. The number of carbonyl (C=O) groups is 1. The lowest BCUT2D eigenvalue weighted by Crippen LogP contribution is -2.24. The number of fused-ring (bicyclic) bond motifs is 3. The van der Waals surface area contributed by atoms with Gasteiger partial charge in [0.15, 0.2) is 11.0 Å². The van der Waals surface area contributed by atoms with Gasteiger partial charge in [-0.2, -0.15) is 0 Å². The molecular weight excluding hydrogens is 440 g/mol.